The molecule has 0 saturated carbocycles. The molecule has 18 heavy (non-hydrogen) atoms. The van der Waals surface area contributed by atoms with Crippen LogP contribution in [0.5, 0.6) is 0 Å². The number of hydrogen-bond acceptors (Lipinski definition) is 3. The minimum absolute atomic E-state index is 0.490. The number of carbonyl (C=O) groups is 1. The maximum Gasteiger partial charge on any atom is 0.241 e. The van der Waals surface area contributed by atoms with Gasteiger partial charge in [-0.05, 0) is 38.0 Å². The van der Waals surface area contributed by atoms with E-state index in [1.54, 1.807) is 13.0 Å². The third-order valence-electron chi connectivity index (χ3n) is 2.72. The van der Waals surface area contributed by atoms with Crippen LogP contribution in [0.1, 0.15) is 18.1 Å². The maximum absolute atomic E-state index is 11.9. The molecule has 0 aliphatic carbocycles. The molecule has 0 heterocycles. The summed E-state index contributed by atoms with van der Waals surface area (Å²) < 4.78 is 24.8. The smallest absolute Gasteiger partial charge is 0.241 e. The number of aryl methyl sites for hydroxylation is 2. The van der Waals surface area contributed by atoms with Crippen molar-refractivity contribution in [1.82, 2.24) is 0 Å². The van der Waals surface area contributed by atoms with Gasteiger partial charge in [0.15, 0.2) is 0 Å². The summed E-state index contributed by atoms with van der Waals surface area (Å²) in [6, 6.07) is 4.51. The number of benzene rings is 1. The van der Waals surface area contributed by atoms with Crippen LogP contribution in [0.3, 0.4) is 0 Å². The first-order valence-corrected chi connectivity index (χ1v) is 7.35. The Labute approximate surface area is 108 Å². The van der Waals surface area contributed by atoms with Crippen molar-refractivity contribution in [3.63, 3.8) is 0 Å². The minimum atomic E-state index is -3.57. The van der Waals surface area contributed by atoms with Crippen molar-refractivity contribution < 1.29 is 13.2 Å². The molecule has 1 rings (SSSR count). The van der Waals surface area contributed by atoms with Gasteiger partial charge in [-0.1, -0.05) is 12.1 Å². The number of amides is 1. The Hall–Kier alpha value is -1.56. The van der Waals surface area contributed by atoms with Gasteiger partial charge in [0.25, 0.3) is 0 Å². The van der Waals surface area contributed by atoms with E-state index in [9.17, 15) is 13.2 Å². The summed E-state index contributed by atoms with van der Waals surface area (Å²) in [7, 11) is -3.57. The van der Waals surface area contributed by atoms with E-state index in [-0.39, 0.29) is 0 Å². The third kappa shape index (κ3) is 3.01. The summed E-state index contributed by atoms with van der Waals surface area (Å²) in [5, 5.41) is 0. The number of hydrogen-bond donors (Lipinski definition) is 1. The van der Waals surface area contributed by atoms with Crippen LogP contribution in [0, 0.1) is 13.8 Å². The standard InChI is InChI=1S/C12H18N2O3S/c1-8-5-6-9(2)11(7-8)14(18(4,16)17)10(3)12(13)15/h5-7,10H,1-4H3,(H2,13,15)/t10-/m0/s1. The van der Waals surface area contributed by atoms with Crippen molar-refractivity contribution in [3.05, 3.63) is 29.3 Å². The second-order valence-electron chi connectivity index (χ2n) is 4.43. The number of anilines is 1. The first kappa shape index (κ1) is 14.5. The summed E-state index contributed by atoms with van der Waals surface area (Å²) in [5.74, 6) is -0.679. The molecular formula is C12H18N2O3S. The summed E-state index contributed by atoms with van der Waals surface area (Å²) in [5.41, 5.74) is 7.40. The molecule has 0 fully saturated rings. The Bertz CT molecular complexity index is 567. The summed E-state index contributed by atoms with van der Waals surface area (Å²) in [6.07, 6.45) is 1.06. The van der Waals surface area contributed by atoms with Crippen LogP contribution in [0.2, 0.25) is 0 Å². The average Bonchev–Trinajstić information content (AvgIpc) is 2.21. The van der Waals surface area contributed by atoms with Crippen LogP contribution in [0.25, 0.3) is 0 Å². The highest BCUT2D eigenvalue weighted by Crippen LogP contribution is 2.25. The van der Waals surface area contributed by atoms with E-state index in [4.69, 9.17) is 5.73 Å². The Morgan fingerprint density at radius 1 is 1.33 bits per heavy atom. The van der Waals surface area contributed by atoms with Gasteiger partial charge in [0.05, 0.1) is 11.9 Å². The molecule has 0 spiro atoms. The molecule has 0 aromatic heterocycles. The fraction of sp³-hybridized carbons (Fsp3) is 0.417. The highest BCUT2D eigenvalue weighted by Gasteiger charge is 2.28. The highest BCUT2D eigenvalue weighted by molar-refractivity contribution is 7.92. The van der Waals surface area contributed by atoms with Gasteiger partial charge in [0, 0.05) is 0 Å². The largest absolute Gasteiger partial charge is 0.368 e. The Balaban J connectivity index is 3.45. The zero-order chi connectivity index (χ0) is 14.1. The maximum atomic E-state index is 11.9. The Morgan fingerprint density at radius 2 is 1.89 bits per heavy atom. The second-order valence-corrected chi connectivity index (χ2v) is 6.29. The van der Waals surface area contributed by atoms with Crippen molar-refractivity contribution in [2.24, 2.45) is 5.73 Å². The lowest BCUT2D eigenvalue weighted by molar-refractivity contribution is -0.118. The highest BCUT2D eigenvalue weighted by atomic mass is 32.2. The Kier molecular flexibility index (Phi) is 4.01. The fourth-order valence-corrected chi connectivity index (χ4v) is 2.98. The van der Waals surface area contributed by atoms with Gasteiger partial charge < -0.3 is 5.73 Å². The van der Waals surface area contributed by atoms with Crippen molar-refractivity contribution in [3.8, 4) is 0 Å². The number of carbonyl (C=O) groups excluding carboxylic acids is 1. The quantitative estimate of drug-likeness (QED) is 0.884. The van der Waals surface area contributed by atoms with Gasteiger partial charge in [-0.15, -0.1) is 0 Å². The van der Waals surface area contributed by atoms with Gasteiger partial charge in [0.1, 0.15) is 6.04 Å². The molecule has 0 saturated heterocycles. The molecule has 1 atom stereocenters. The molecular weight excluding hydrogens is 252 g/mol. The van der Waals surface area contributed by atoms with Crippen LogP contribution >= 0.6 is 0 Å². The molecule has 2 N–H and O–H groups in total. The summed E-state index contributed by atoms with van der Waals surface area (Å²) >= 11 is 0. The predicted molar refractivity (Wildman–Crippen MR) is 71.9 cm³/mol. The van der Waals surface area contributed by atoms with Gasteiger partial charge >= 0.3 is 0 Å². The Morgan fingerprint density at radius 3 is 2.33 bits per heavy atom. The van der Waals surface area contributed by atoms with E-state index >= 15 is 0 Å². The van der Waals surface area contributed by atoms with E-state index in [2.05, 4.69) is 0 Å². The molecule has 5 nitrogen and oxygen atoms in total. The van der Waals surface area contributed by atoms with Crippen molar-refractivity contribution in [1.29, 1.82) is 0 Å². The van der Waals surface area contributed by atoms with Crippen LogP contribution in [0.4, 0.5) is 5.69 Å². The van der Waals surface area contributed by atoms with Crippen molar-refractivity contribution in [2.45, 2.75) is 26.8 Å². The van der Waals surface area contributed by atoms with Crippen molar-refractivity contribution >= 4 is 21.6 Å². The molecule has 0 radical (unpaired) electrons. The van der Waals surface area contributed by atoms with Crippen LogP contribution in [-0.4, -0.2) is 26.6 Å². The average molecular weight is 270 g/mol. The molecule has 1 aromatic rings. The topological polar surface area (TPSA) is 80.5 Å². The van der Waals surface area contributed by atoms with E-state index in [1.165, 1.54) is 6.92 Å². The second kappa shape index (κ2) is 4.97. The number of sulfonamides is 1. The zero-order valence-electron chi connectivity index (χ0n) is 11.0. The van der Waals surface area contributed by atoms with Gasteiger partial charge in [-0.25, -0.2) is 8.42 Å². The lowest BCUT2D eigenvalue weighted by Crippen LogP contribution is -2.46. The molecule has 0 bridgehead atoms. The molecule has 0 aliphatic heterocycles. The molecule has 6 heteroatoms. The normalized spacial score (nSPS) is 13.1. The fourth-order valence-electron chi connectivity index (χ4n) is 1.75. The number of nitrogens with zero attached hydrogens (tertiary/aromatic N) is 1. The van der Waals surface area contributed by atoms with E-state index in [0.29, 0.717) is 5.69 Å². The minimum Gasteiger partial charge on any atom is -0.368 e. The van der Waals surface area contributed by atoms with E-state index < -0.39 is 22.0 Å². The van der Waals surface area contributed by atoms with Crippen LogP contribution < -0.4 is 10.0 Å². The number of nitrogens with two attached hydrogens (primary N) is 1. The molecule has 0 aliphatic rings. The first-order valence-electron chi connectivity index (χ1n) is 5.50. The summed E-state index contributed by atoms with van der Waals surface area (Å²) in [4.78, 5) is 11.3. The van der Waals surface area contributed by atoms with Crippen LogP contribution in [0.15, 0.2) is 18.2 Å². The summed E-state index contributed by atoms with van der Waals surface area (Å²) in [6.45, 7) is 5.13. The predicted octanol–water partition coefficient (Wildman–Crippen LogP) is 0.943. The monoisotopic (exact) mass is 270 g/mol. The van der Waals surface area contributed by atoms with Gasteiger partial charge in [-0.3, -0.25) is 9.10 Å². The molecule has 0 unspecified atom stereocenters. The number of rotatable bonds is 4. The number of primary amides is 1. The third-order valence-corrected chi connectivity index (χ3v) is 3.95. The lowest BCUT2D eigenvalue weighted by Gasteiger charge is -2.28. The molecule has 1 amide bonds. The zero-order valence-corrected chi connectivity index (χ0v) is 11.8. The first-order chi connectivity index (χ1) is 8.14. The lowest BCUT2D eigenvalue weighted by atomic mass is 10.1. The SMILES string of the molecule is Cc1ccc(C)c(N([C@@H](C)C(N)=O)S(C)(=O)=O)c1. The molecule has 1 aromatic carbocycles. The van der Waals surface area contributed by atoms with Crippen molar-refractivity contribution in [2.75, 3.05) is 10.6 Å². The van der Waals surface area contributed by atoms with E-state index in [1.807, 2.05) is 19.1 Å². The van der Waals surface area contributed by atoms with E-state index in [0.717, 1.165) is 21.7 Å². The molecule has 100 valence electrons. The van der Waals surface area contributed by atoms with Crippen LogP contribution in [-0.2, 0) is 14.8 Å². The van der Waals surface area contributed by atoms with Gasteiger partial charge in [0.2, 0.25) is 15.9 Å². The van der Waals surface area contributed by atoms with Gasteiger partial charge in [-0.2, -0.15) is 0 Å².